The zero-order valence-electron chi connectivity index (χ0n) is 15.8. The zero-order valence-corrected chi connectivity index (χ0v) is 16.6. The minimum atomic E-state index is -0.162. The van der Waals surface area contributed by atoms with Gasteiger partial charge in [-0.05, 0) is 36.8 Å². The minimum absolute atomic E-state index is 0.162. The van der Waals surface area contributed by atoms with Crippen molar-refractivity contribution < 1.29 is 9.53 Å². The fourth-order valence-corrected chi connectivity index (χ4v) is 4.02. The first-order valence-electron chi connectivity index (χ1n) is 8.72. The van der Waals surface area contributed by atoms with Crippen molar-refractivity contribution in [3.05, 3.63) is 65.7 Å². The molecule has 0 aliphatic rings. The first-order chi connectivity index (χ1) is 13.6. The molecule has 0 aliphatic carbocycles. The smallest absolute Gasteiger partial charge is 0.278 e. The molecule has 4 rings (SSSR count). The van der Waals surface area contributed by atoms with E-state index in [0.29, 0.717) is 23.1 Å². The maximum atomic E-state index is 13.4. The van der Waals surface area contributed by atoms with Crippen molar-refractivity contribution in [3.8, 4) is 5.75 Å². The number of rotatable bonds is 5. The molecule has 4 aromatic rings. The van der Waals surface area contributed by atoms with Gasteiger partial charge in [-0.15, -0.1) is 0 Å². The van der Waals surface area contributed by atoms with Crippen LogP contribution in [-0.4, -0.2) is 32.8 Å². The minimum Gasteiger partial charge on any atom is -0.494 e. The van der Waals surface area contributed by atoms with Crippen LogP contribution in [0.4, 0.5) is 5.13 Å². The predicted octanol–water partition coefficient (Wildman–Crippen LogP) is 3.59. The molecule has 0 unspecified atom stereocenters. The summed E-state index contributed by atoms with van der Waals surface area (Å²) >= 11 is 1.45. The van der Waals surface area contributed by atoms with Crippen molar-refractivity contribution in [3.63, 3.8) is 0 Å². The van der Waals surface area contributed by atoms with Crippen LogP contribution in [0.1, 0.15) is 21.7 Å². The molecule has 0 spiro atoms. The first kappa shape index (κ1) is 18.1. The van der Waals surface area contributed by atoms with Gasteiger partial charge in [0.05, 0.1) is 24.0 Å². The van der Waals surface area contributed by atoms with E-state index < -0.39 is 0 Å². The molecule has 142 valence electrons. The molecule has 3 aromatic heterocycles. The van der Waals surface area contributed by atoms with Crippen molar-refractivity contribution in [2.24, 2.45) is 7.05 Å². The van der Waals surface area contributed by atoms with Gasteiger partial charge >= 0.3 is 0 Å². The highest BCUT2D eigenvalue weighted by atomic mass is 32.1. The van der Waals surface area contributed by atoms with Gasteiger partial charge in [-0.3, -0.25) is 19.4 Å². The van der Waals surface area contributed by atoms with Gasteiger partial charge in [0.15, 0.2) is 5.13 Å². The number of hydrogen-bond donors (Lipinski definition) is 0. The number of aromatic nitrogens is 4. The summed E-state index contributed by atoms with van der Waals surface area (Å²) in [7, 11) is 3.38. The van der Waals surface area contributed by atoms with E-state index in [1.807, 2.05) is 37.3 Å². The number of carbonyl (C=O) groups is 1. The van der Waals surface area contributed by atoms with Crippen molar-refractivity contribution in [2.45, 2.75) is 13.5 Å². The summed E-state index contributed by atoms with van der Waals surface area (Å²) in [5.41, 5.74) is 2.96. The Morgan fingerprint density at radius 1 is 1.29 bits per heavy atom. The van der Waals surface area contributed by atoms with E-state index in [0.717, 1.165) is 21.5 Å². The monoisotopic (exact) mass is 393 g/mol. The molecule has 1 aromatic carbocycles. The van der Waals surface area contributed by atoms with Crippen LogP contribution < -0.4 is 9.64 Å². The lowest BCUT2D eigenvalue weighted by Crippen LogP contribution is -2.31. The third-order valence-corrected chi connectivity index (χ3v) is 5.39. The molecule has 0 radical (unpaired) electrons. The summed E-state index contributed by atoms with van der Waals surface area (Å²) < 4.78 is 7.98. The third-order valence-electron chi connectivity index (χ3n) is 4.35. The SMILES string of the molecule is COc1cccc2sc(N(Cc3cccnc3)C(=O)c3cc(C)nn3C)nc12. The highest BCUT2D eigenvalue weighted by Crippen LogP contribution is 2.35. The molecule has 0 saturated heterocycles. The Kier molecular flexibility index (Phi) is 4.79. The van der Waals surface area contributed by atoms with Crippen LogP contribution >= 0.6 is 11.3 Å². The quantitative estimate of drug-likeness (QED) is 0.518. The van der Waals surface area contributed by atoms with E-state index in [1.165, 1.54) is 11.3 Å². The van der Waals surface area contributed by atoms with Crippen molar-refractivity contribution >= 4 is 32.6 Å². The van der Waals surface area contributed by atoms with Gasteiger partial charge < -0.3 is 4.74 Å². The average molecular weight is 393 g/mol. The second kappa shape index (κ2) is 7.40. The van der Waals surface area contributed by atoms with E-state index in [9.17, 15) is 4.79 Å². The maximum Gasteiger partial charge on any atom is 0.278 e. The third kappa shape index (κ3) is 3.34. The van der Waals surface area contributed by atoms with E-state index in [1.54, 1.807) is 42.2 Å². The summed E-state index contributed by atoms with van der Waals surface area (Å²) in [6.07, 6.45) is 3.46. The molecule has 0 aliphatic heterocycles. The molecule has 1 amide bonds. The maximum absolute atomic E-state index is 13.4. The Bertz CT molecular complexity index is 1140. The molecular formula is C20H19N5O2S. The van der Waals surface area contributed by atoms with Gasteiger partial charge in [0.1, 0.15) is 17.0 Å². The summed E-state index contributed by atoms with van der Waals surface area (Å²) in [6, 6.07) is 11.3. The van der Waals surface area contributed by atoms with Gasteiger partial charge in [0, 0.05) is 19.4 Å². The Morgan fingerprint density at radius 3 is 2.82 bits per heavy atom. The Labute approximate surface area is 166 Å². The molecule has 8 heteroatoms. The number of thiazole rings is 1. The predicted molar refractivity (Wildman–Crippen MR) is 109 cm³/mol. The van der Waals surface area contributed by atoms with Gasteiger partial charge in [0.2, 0.25) is 0 Å². The summed E-state index contributed by atoms with van der Waals surface area (Å²) in [5.74, 6) is 0.523. The summed E-state index contributed by atoms with van der Waals surface area (Å²) in [4.78, 5) is 23.9. The number of carbonyl (C=O) groups excluding carboxylic acids is 1. The lowest BCUT2D eigenvalue weighted by Gasteiger charge is -2.19. The fraction of sp³-hybridized carbons (Fsp3) is 0.200. The van der Waals surface area contributed by atoms with Crippen molar-refractivity contribution in [1.29, 1.82) is 0 Å². The Morgan fingerprint density at radius 2 is 2.14 bits per heavy atom. The summed E-state index contributed by atoms with van der Waals surface area (Å²) in [5, 5.41) is 4.91. The molecule has 0 atom stereocenters. The van der Waals surface area contributed by atoms with E-state index >= 15 is 0 Å². The van der Waals surface area contributed by atoms with Gasteiger partial charge in [-0.2, -0.15) is 5.10 Å². The van der Waals surface area contributed by atoms with E-state index in [-0.39, 0.29) is 5.91 Å². The highest BCUT2D eigenvalue weighted by Gasteiger charge is 2.25. The van der Waals surface area contributed by atoms with Crippen LogP contribution in [0.3, 0.4) is 0 Å². The number of benzene rings is 1. The Hall–Kier alpha value is -3.26. The normalized spacial score (nSPS) is 11.0. The number of amides is 1. The average Bonchev–Trinajstić information content (AvgIpc) is 3.28. The molecule has 7 nitrogen and oxygen atoms in total. The zero-order chi connectivity index (χ0) is 19.7. The molecule has 0 fully saturated rings. The number of anilines is 1. The number of ether oxygens (including phenoxy) is 1. The first-order valence-corrected chi connectivity index (χ1v) is 9.53. The fourth-order valence-electron chi connectivity index (χ4n) is 3.04. The van der Waals surface area contributed by atoms with Gasteiger partial charge in [-0.25, -0.2) is 4.98 Å². The number of nitrogens with zero attached hydrogens (tertiary/aromatic N) is 5. The molecular weight excluding hydrogens is 374 g/mol. The largest absolute Gasteiger partial charge is 0.494 e. The van der Waals surface area contributed by atoms with Gasteiger partial charge in [0.25, 0.3) is 5.91 Å². The molecule has 28 heavy (non-hydrogen) atoms. The second-order valence-corrected chi connectivity index (χ2v) is 7.36. The highest BCUT2D eigenvalue weighted by molar-refractivity contribution is 7.22. The second-order valence-electron chi connectivity index (χ2n) is 6.35. The number of fused-ring (bicyclic) bond motifs is 1. The number of para-hydroxylation sites is 1. The number of hydrogen-bond acceptors (Lipinski definition) is 6. The van der Waals surface area contributed by atoms with Crippen LogP contribution in [0.25, 0.3) is 10.2 Å². The lowest BCUT2D eigenvalue weighted by atomic mass is 10.2. The van der Waals surface area contributed by atoms with Crippen LogP contribution in [0.5, 0.6) is 5.75 Å². The van der Waals surface area contributed by atoms with Crippen LogP contribution in [0, 0.1) is 6.92 Å². The standard InChI is InChI=1S/C20H19N5O2S/c1-13-10-15(24(2)23-13)19(26)25(12-14-6-5-9-21-11-14)20-22-18-16(27-3)7-4-8-17(18)28-20/h4-11H,12H2,1-3H3. The lowest BCUT2D eigenvalue weighted by molar-refractivity contribution is 0.0976. The number of methoxy groups -OCH3 is 1. The molecule has 0 N–H and O–H groups in total. The van der Waals surface area contributed by atoms with E-state index in [2.05, 4.69) is 10.1 Å². The summed E-state index contributed by atoms with van der Waals surface area (Å²) in [6.45, 7) is 2.23. The van der Waals surface area contributed by atoms with Crippen LogP contribution in [0.2, 0.25) is 0 Å². The van der Waals surface area contributed by atoms with Gasteiger partial charge in [-0.1, -0.05) is 23.5 Å². The number of pyridine rings is 1. The Balaban J connectivity index is 1.81. The van der Waals surface area contributed by atoms with Crippen molar-refractivity contribution in [2.75, 3.05) is 12.0 Å². The van der Waals surface area contributed by atoms with Crippen LogP contribution in [0.15, 0.2) is 48.8 Å². The van der Waals surface area contributed by atoms with Crippen molar-refractivity contribution in [1.82, 2.24) is 19.7 Å². The molecule has 3 heterocycles. The van der Waals surface area contributed by atoms with E-state index in [4.69, 9.17) is 9.72 Å². The number of aryl methyl sites for hydroxylation is 2. The topological polar surface area (TPSA) is 73.1 Å². The molecule has 0 saturated carbocycles. The molecule has 0 bridgehead atoms. The van der Waals surface area contributed by atoms with Crippen LogP contribution in [-0.2, 0) is 13.6 Å².